The Bertz CT molecular complexity index is 1340. The molecule has 1 aromatic carbocycles. The van der Waals surface area contributed by atoms with Crippen LogP contribution in [0.2, 0.25) is 0 Å². The highest BCUT2D eigenvalue weighted by Gasteiger charge is 2.22. The van der Waals surface area contributed by atoms with Crippen LogP contribution in [0.4, 0.5) is 5.69 Å². The van der Waals surface area contributed by atoms with Crippen LogP contribution in [-0.2, 0) is 21.8 Å². The molecule has 0 bridgehead atoms. The maximum Gasteiger partial charge on any atom is 0.336 e. The van der Waals surface area contributed by atoms with Gasteiger partial charge in [-0.05, 0) is 42.0 Å². The number of nitrogens with one attached hydrogen (secondary N) is 1. The molecular weight excluding hydrogens is 460 g/mol. The summed E-state index contributed by atoms with van der Waals surface area (Å²) in [4.78, 5) is 24.6. The number of thioether (sulfide) groups is 1. The minimum atomic E-state index is -0.432. The topological polar surface area (TPSA) is 99.3 Å². The van der Waals surface area contributed by atoms with Crippen molar-refractivity contribution in [3.05, 3.63) is 57.8 Å². The van der Waals surface area contributed by atoms with E-state index in [1.807, 2.05) is 23.6 Å². The number of aromatic nitrogens is 3. The summed E-state index contributed by atoms with van der Waals surface area (Å²) in [5.41, 5.74) is 1.42. The van der Waals surface area contributed by atoms with Gasteiger partial charge in [0.15, 0.2) is 11.0 Å². The molecule has 5 rings (SSSR count). The van der Waals surface area contributed by atoms with Gasteiger partial charge in [0.25, 0.3) is 0 Å². The number of thiophene rings is 1. The van der Waals surface area contributed by atoms with Gasteiger partial charge in [-0.25, -0.2) is 4.79 Å². The van der Waals surface area contributed by atoms with Crippen LogP contribution in [-0.4, -0.2) is 33.4 Å². The lowest BCUT2D eigenvalue weighted by Crippen LogP contribution is -2.16. The fourth-order valence-electron chi connectivity index (χ4n) is 3.91. The first-order chi connectivity index (χ1) is 16.1. The number of fused-ring (bicyclic) bond motifs is 1. The highest BCUT2D eigenvalue weighted by Crippen LogP contribution is 2.32. The van der Waals surface area contributed by atoms with Crippen LogP contribution in [0.15, 0.2) is 56.1 Å². The molecule has 1 N–H and O–H groups in total. The van der Waals surface area contributed by atoms with Gasteiger partial charge in [0.1, 0.15) is 5.58 Å². The summed E-state index contributed by atoms with van der Waals surface area (Å²) < 4.78 is 13.4. The van der Waals surface area contributed by atoms with E-state index in [1.165, 1.54) is 24.8 Å². The first-order valence-corrected chi connectivity index (χ1v) is 12.5. The molecule has 1 atom stereocenters. The van der Waals surface area contributed by atoms with Gasteiger partial charge in [0.05, 0.1) is 17.5 Å². The number of hydrogen-bond acceptors (Lipinski definition) is 8. The normalized spacial score (nSPS) is 15.8. The highest BCUT2D eigenvalue weighted by atomic mass is 32.2. The second-order valence-corrected chi connectivity index (χ2v) is 9.69. The molecule has 0 radical (unpaired) electrons. The number of rotatable bonds is 7. The van der Waals surface area contributed by atoms with Crippen molar-refractivity contribution in [3.63, 3.8) is 0 Å². The molecule has 1 amide bonds. The summed E-state index contributed by atoms with van der Waals surface area (Å²) in [6.07, 6.45) is 2.24. The van der Waals surface area contributed by atoms with Gasteiger partial charge in [0, 0.05) is 42.5 Å². The second-order valence-electron chi connectivity index (χ2n) is 7.80. The summed E-state index contributed by atoms with van der Waals surface area (Å²) in [7, 11) is 0. The largest absolute Gasteiger partial charge is 0.423 e. The number of nitrogens with zero attached hydrogens (tertiary/aromatic N) is 3. The third kappa shape index (κ3) is 4.87. The van der Waals surface area contributed by atoms with Crippen LogP contribution >= 0.6 is 23.1 Å². The van der Waals surface area contributed by atoms with Crippen LogP contribution in [0.25, 0.3) is 21.7 Å². The van der Waals surface area contributed by atoms with Crippen LogP contribution < -0.4 is 10.9 Å². The van der Waals surface area contributed by atoms with E-state index in [1.54, 1.807) is 23.5 Å². The number of carbonyl (C=O) groups is 1. The van der Waals surface area contributed by atoms with Crippen molar-refractivity contribution in [2.45, 2.75) is 43.3 Å². The van der Waals surface area contributed by atoms with E-state index in [9.17, 15) is 9.59 Å². The van der Waals surface area contributed by atoms with Crippen LogP contribution in [0.1, 0.15) is 25.3 Å². The van der Waals surface area contributed by atoms with Crippen molar-refractivity contribution in [1.82, 2.24) is 14.8 Å². The van der Waals surface area contributed by atoms with Gasteiger partial charge in [-0.2, -0.15) is 0 Å². The third-order valence-electron chi connectivity index (χ3n) is 5.38. The number of hydrogen-bond donors (Lipinski definition) is 1. The van der Waals surface area contributed by atoms with Crippen LogP contribution in [0.3, 0.4) is 0 Å². The van der Waals surface area contributed by atoms with Crippen molar-refractivity contribution in [2.24, 2.45) is 0 Å². The average molecular weight is 483 g/mol. The van der Waals surface area contributed by atoms with Gasteiger partial charge in [0.2, 0.25) is 5.91 Å². The highest BCUT2D eigenvalue weighted by molar-refractivity contribution is 7.98. The smallest absolute Gasteiger partial charge is 0.336 e. The molecule has 1 aliphatic rings. The minimum absolute atomic E-state index is 0.149. The standard InChI is InChI=1S/C23H22N4O4S2/c1-14(28)24-16-6-7-18-15(10-21(29)31-19(18)11-16)13-33-23-26-25-22(20-5-3-9-32-20)27(23)12-17-4-2-8-30-17/h3,5-7,9-11,17H,2,4,8,12-13H2,1H3,(H,24,28)/t17-/m1/s1. The Labute approximate surface area is 198 Å². The molecule has 0 aliphatic carbocycles. The Kier molecular flexibility index (Phi) is 6.30. The van der Waals surface area contributed by atoms with Gasteiger partial charge in [-0.3, -0.25) is 9.36 Å². The Morgan fingerprint density at radius 2 is 2.21 bits per heavy atom. The van der Waals surface area contributed by atoms with Gasteiger partial charge < -0.3 is 14.5 Å². The molecule has 4 heterocycles. The average Bonchev–Trinajstić information content (AvgIpc) is 3.54. The predicted octanol–water partition coefficient (Wildman–Crippen LogP) is 4.54. The molecule has 170 valence electrons. The molecule has 0 saturated carbocycles. The van der Waals surface area contributed by atoms with Crippen molar-refractivity contribution in [1.29, 1.82) is 0 Å². The van der Waals surface area contributed by atoms with Crippen LogP contribution in [0.5, 0.6) is 0 Å². The maximum atomic E-state index is 12.2. The summed E-state index contributed by atoms with van der Waals surface area (Å²) in [6, 6.07) is 10.9. The first kappa shape index (κ1) is 21.9. The van der Waals surface area contributed by atoms with E-state index in [0.29, 0.717) is 23.6 Å². The minimum Gasteiger partial charge on any atom is -0.423 e. The molecule has 1 aliphatic heterocycles. The molecule has 4 aromatic rings. The lowest BCUT2D eigenvalue weighted by Gasteiger charge is -2.14. The van der Waals surface area contributed by atoms with Crippen molar-refractivity contribution in [3.8, 4) is 10.7 Å². The van der Waals surface area contributed by atoms with E-state index < -0.39 is 5.63 Å². The van der Waals surface area contributed by atoms with Gasteiger partial charge >= 0.3 is 5.63 Å². The quantitative estimate of drug-likeness (QED) is 0.305. The van der Waals surface area contributed by atoms with Gasteiger partial charge in [-0.1, -0.05) is 17.8 Å². The number of anilines is 1. The van der Waals surface area contributed by atoms with E-state index in [4.69, 9.17) is 9.15 Å². The van der Waals surface area contributed by atoms with E-state index in [-0.39, 0.29) is 12.0 Å². The van der Waals surface area contributed by atoms with E-state index in [0.717, 1.165) is 46.3 Å². The summed E-state index contributed by atoms with van der Waals surface area (Å²) >= 11 is 3.16. The molecule has 8 nitrogen and oxygen atoms in total. The fourth-order valence-corrected chi connectivity index (χ4v) is 5.57. The molecule has 1 fully saturated rings. The Morgan fingerprint density at radius 3 is 2.97 bits per heavy atom. The van der Waals surface area contributed by atoms with Gasteiger partial charge in [-0.15, -0.1) is 21.5 Å². The molecule has 33 heavy (non-hydrogen) atoms. The first-order valence-electron chi connectivity index (χ1n) is 10.6. The maximum absolute atomic E-state index is 12.2. The molecule has 3 aromatic heterocycles. The Balaban J connectivity index is 1.44. The molecule has 1 saturated heterocycles. The van der Waals surface area contributed by atoms with Crippen LogP contribution in [0, 0.1) is 0 Å². The third-order valence-corrected chi connectivity index (χ3v) is 7.26. The van der Waals surface area contributed by atoms with E-state index in [2.05, 4.69) is 20.1 Å². The van der Waals surface area contributed by atoms with Crippen molar-refractivity contribution < 1.29 is 13.9 Å². The van der Waals surface area contributed by atoms with Crippen molar-refractivity contribution in [2.75, 3.05) is 11.9 Å². The summed E-state index contributed by atoms with van der Waals surface area (Å²) in [6.45, 7) is 2.92. The fraction of sp³-hybridized carbons (Fsp3) is 0.304. The molecular formula is C23H22N4O4S2. The molecule has 0 unspecified atom stereocenters. The number of benzene rings is 1. The predicted molar refractivity (Wildman–Crippen MR) is 129 cm³/mol. The lowest BCUT2D eigenvalue weighted by molar-refractivity contribution is -0.114. The van der Waals surface area contributed by atoms with E-state index >= 15 is 0 Å². The SMILES string of the molecule is CC(=O)Nc1ccc2c(CSc3nnc(-c4cccs4)n3C[C@H]3CCCO3)cc(=O)oc2c1. The Hall–Kier alpha value is -2.95. The number of carbonyl (C=O) groups excluding carboxylic acids is 1. The molecule has 0 spiro atoms. The van der Waals surface area contributed by atoms with Crippen molar-refractivity contribution >= 4 is 45.7 Å². The zero-order chi connectivity index (χ0) is 22.8. The summed E-state index contributed by atoms with van der Waals surface area (Å²) in [5.74, 6) is 1.17. The Morgan fingerprint density at radius 1 is 1.30 bits per heavy atom. The monoisotopic (exact) mass is 482 g/mol. The second kappa shape index (κ2) is 9.50. The lowest BCUT2D eigenvalue weighted by atomic mass is 10.1. The molecule has 10 heteroatoms. The number of amides is 1. The number of ether oxygens (including phenoxy) is 1. The zero-order valence-corrected chi connectivity index (χ0v) is 19.6. The zero-order valence-electron chi connectivity index (χ0n) is 17.9. The summed E-state index contributed by atoms with van der Waals surface area (Å²) in [5, 5.41) is 15.3.